The molecule has 0 radical (unpaired) electrons. The van der Waals surface area contributed by atoms with Gasteiger partial charge >= 0.3 is 0 Å². The molecule has 0 spiro atoms. The molecule has 1 heterocycles. The summed E-state index contributed by atoms with van der Waals surface area (Å²) in [4.78, 5) is 12.0. The Hall–Kier alpha value is -0.570. The Balaban J connectivity index is 2.42. The molecule has 1 unspecified atom stereocenters. The van der Waals surface area contributed by atoms with E-state index >= 15 is 0 Å². The number of rotatable bonds is 3. The van der Waals surface area contributed by atoms with Gasteiger partial charge in [0.05, 0.1) is 0 Å². The van der Waals surface area contributed by atoms with Crippen molar-refractivity contribution in [3.63, 3.8) is 0 Å². The molecule has 0 aromatic carbocycles. The lowest BCUT2D eigenvalue weighted by Gasteiger charge is -2.35. The summed E-state index contributed by atoms with van der Waals surface area (Å²) in [5.74, 6) is 0.255. The van der Waals surface area contributed by atoms with Crippen molar-refractivity contribution in [2.75, 3.05) is 19.6 Å². The number of carbonyl (C=O) groups is 1. The van der Waals surface area contributed by atoms with Crippen LogP contribution in [0.15, 0.2) is 0 Å². The minimum Gasteiger partial charge on any atom is -0.355 e. The van der Waals surface area contributed by atoms with E-state index < -0.39 is 0 Å². The van der Waals surface area contributed by atoms with Gasteiger partial charge in [-0.25, -0.2) is 0 Å². The van der Waals surface area contributed by atoms with Crippen LogP contribution in [0.5, 0.6) is 0 Å². The lowest BCUT2D eigenvalue weighted by molar-refractivity contribution is -0.128. The summed E-state index contributed by atoms with van der Waals surface area (Å²) in [5.41, 5.74) is 0.317. The maximum Gasteiger partial charge on any atom is 0.223 e. The number of piperidine rings is 1. The Morgan fingerprint density at radius 3 is 2.35 bits per heavy atom. The third kappa shape index (κ3) is 4.30. The average Bonchev–Trinajstić information content (AvgIpc) is 2.25. The summed E-state index contributed by atoms with van der Waals surface area (Å²) < 4.78 is 0. The molecule has 100 valence electrons. The summed E-state index contributed by atoms with van der Waals surface area (Å²) in [6, 6.07) is 0. The van der Waals surface area contributed by atoms with Gasteiger partial charge in [0.15, 0.2) is 0 Å². The first kappa shape index (κ1) is 14.5. The minimum atomic E-state index is 0.0408. The molecule has 1 fully saturated rings. The maximum atomic E-state index is 12.0. The molecular weight excluding hydrogens is 212 g/mol. The predicted octanol–water partition coefficient (Wildman–Crippen LogP) is 2.17. The third-order valence-corrected chi connectivity index (χ3v) is 4.19. The molecule has 0 aromatic heterocycles. The number of nitrogens with one attached hydrogen (secondary N) is 2. The summed E-state index contributed by atoms with van der Waals surface area (Å²) in [5, 5.41) is 6.49. The van der Waals surface area contributed by atoms with E-state index in [9.17, 15) is 4.79 Å². The predicted molar refractivity (Wildman–Crippen MR) is 71.8 cm³/mol. The SMILES string of the molecule is CC(C(=O)NCC1(C)CCNCC1)C(C)(C)C. The van der Waals surface area contributed by atoms with Crippen LogP contribution >= 0.6 is 0 Å². The summed E-state index contributed by atoms with van der Waals surface area (Å²) >= 11 is 0. The van der Waals surface area contributed by atoms with E-state index in [0.29, 0.717) is 0 Å². The second-order valence-electron chi connectivity index (χ2n) is 6.87. The first-order valence-corrected chi connectivity index (χ1v) is 6.73. The Morgan fingerprint density at radius 2 is 1.88 bits per heavy atom. The average molecular weight is 240 g/mol. The van der Waals surface area contributed by atoms with E-state index in [0.717, 1.165) is 32.5 Å². The molecular formula is C14H28N2O. The lowest BCUT2D eigenvalue weighted by Crippen LogP contribution is -2.45. The number of carbonyl (C=O) groups excluding carboxylic acids is 1. The van der Waals surface area contributed by atoms with Gasteiger partial charge in [-0.1, -0.05) is 34.6 Å². The zero-order valence-electron chi connectivity index (χ0n) is 12.0. The summed E-state index contributed by atoms with van der Waals surface area (Å²) in [7, 11) is 0. The van der Waals surface area contributed by atoms with Crippen molar-refractivity contribution >= 4 is 5.91 Å². The molecule has 1 atom stereocenters. The molecule has 3 nitrogen and oxygen atoms in total. The van der Waals surface area contributed by atoms with Gasteiger partial charge in [-0.3, -0.25) is 4.79 Å². The van der Waals surface area contributed by atoms with Crippen molar-refractivity contribution in [2.45, 2.75) is 47.5 Å². The Morgan fingerprint density at radius 1 is 1.35 bits per heavy atom. The van der Waals surface area contributed by atoms with Crippen molar-refractivity contribution in [2.24, 2.45) is 16.7 Å². The fraction of sp³-hybridized carbons (Fsp3) is 0.929. The van der Waals surface area contributed by atoms with E-state index in [1.807, 2.05) is 6.92 Å². The molecule has 0 bridgehead atoms. The van der Waals surface area contributed by atoms with Crippen LogP contribution < -0.4 is 10.6 Å². The summed E-state index contributed by atoms with van der Waals surface area (Å²) in [6.07, 6.45) is 2.30. The highest BCUT2D eigenvalue weighted by molar-refractivity contribution is 5.79. The molecule has 0 aliphatic carbocycles. The first-order valence-electron chi connectivity index (χ1n) is 6.73. The fourth-order valence-electron chi connectivity index (χ4n) is 2.05. The molecule has 0 saturated carbocycles. The van der Waals surface area contributed by atoms with Crippen LogP contribution in [0.4, 0.5) is 0 Å². The zero-order chi connectivity index (χ0) is 13.1. The van der Waals surface area contributed by atoms with Gasteiger partial charge in [-0.2, -0.15) is 0 Å². The molecule has 1 rings (SSSR count). The van der Waals surface area contributed by atoms with Crippen LogP contribution in [0.3, 0.4) is 0 Å². The van der Waals surface area contributed by atoms with Gasteiger partial charge in [0, 0.05) is 12.5 Å². The van der Waals surface area contributed by atoms with Crippen molar-refractivity contribution < 1.29 is 4.79 Å². The highest BCUT2D eigenvalue weighted by Gasteiger charge is 2.30. The van der Waals surface area contributed by atoms with Gasteiger partial charge in [0.25, 0.3) is 0 Å². The van der Waals surface area contributed by atoms with Gasteiger partial charge in [0.2, 0.25) is 5.91 Å². The van der Waals surface area contributed by atoms with E-state index in [2.05, 4.69) is 38.3 Å². The second-order valence-corrected chi connectivity index (χ2v) is 6.87. The van der Waals surface area contributed by atoms with E-state index in [-0.39, 0.29) is 22.7 Å². The first-order chi connectivity index (χ1) is 7.75. The Labute approximate surface area is 106 Å². The highest BCUT2D eigenvalue weighted by Crippen LogP contribution is 2.28. The molecule has 2 N–H and O–H groups in total. The van der Waals surface area contributed by atoms with Crippen molar-refractivity contribution in [1.82, 2.24) is 10.6 Å². The smallest absolute Gasteiger partial charge is 0.223 e. The number of hydrogen-bond donors (Lipinski definition) is 2. The van der Waals surface area contributed by atoms with Crippen LogP contribution in [0, 0.1) is 16.7 Å². The second kappa shape index (κ2) is 5.38. The Kier molecular flexibility index (Phi) is 4.59. The van der Waals surface area contributed by atoms with Crippen LogP contribution in [0.1, 0.15) is 47.5 Å². The maximum absolute atomic E-state index is 12.0. The molecule has 1 saturated heterocycles. The normalized spacial score (nSPS) is 21.9. The monoisotopic (exact) mass is 240 g/mol. The van der Waals surface area contributed by atoms with Crippen LogP contribution in [0.25, 0.3) is 0 Å². The largest absolute Gasteiger partial charge is 0.355 e. The molecule has 0 aromatic rings. The molecule has 1 aliphatic heterocycles. The van der Waals surface area contributed by atoms with Gasteiger partial charge in [0.1, 0.15) is 0 Å². The van der Waals surface area contributed by atoms with Gasteiger partial charge in [-0.05, 0) is 36.8 Å². The molecule has 1 amide bonds. The topological polar surface area (TPSA) is 41.1 Å². The molecule has 3 heteroatoms. The van der Waals surface area contributed by atoms with E-state index in [1.165, 1.54) is 0 Å². The van der Waals surface area contributed by atoms with Crippen molar-refractivity contribution in [3.8, 4) is 0 Å². The zero-order valence-corrected chi connectivity index (χ0v) is 12.0. The van der Waals surface area contributed by atoms with Gasteiger partial charge in [-0.15, -0.1) is 0 Å². The minimum absolute atomic E-state index is 0.0408. The van der Waals surface area contributed by atoms with E-state index in [1.54, 1.807) is 0 Å². The van der Waals surface area contributed by atoms with Gasteiger partial charge < -0.3 is 10.6 Å². The third-order valence-electron chi connectivity index (χ3n) is 4.19. The standard InChI is InChI=1S/C14H28N2O/c1-11(13(2,3)4)12(17)16-10-14(5)6-8-15-9-7-14/h11,15H,6-10H2,1-5H3,(H,16,17). The Bertz CT molecular complexity index is 262. The molecule has 17 heavy (non-hydrogen) atoms. The number of amides is 1. The quantitative estimate of drug-likeness (QED) is 0.794. The van der Waals surface area contributed by atoms with E-state index in [4.69, 9.17) is 0 Å². The molecule has 1 aliphatic rings. The highest BCUT2D eigenvalue weighted by atomic mass is 16.1. The van der Waals surface area contributed by atoms with Crippen molar-refractivity contribution in [1.29, 1.82) is 0 Å². The van der Waals surface area contributed by atoms with Crippen LogP contribution in [-0.2, 0) is 4.79 Å². The van der Waals surface area contributed by atoms with Crippen LogP contribution in [0.2, 0.25) is 0 Å². The summed E-state index contributed by atoms with van der Waals surface area (Å²) in [6.45, 7) is 13.6. The van der Waals surface area contributed by atoms with Crippen molar-refractivity contribution in [3.05, 3.63) is 0 Å². The number of hydrogen-bond acceptors (Lipinski definition) is 2. The fourth-order valence-corrected chi connectivity index (χ4v) is 2.05. The van der Waals surface area contributed by atoms with Crippen LogP contribution in [-0.4, -0.2) is 25.5 Å². The lowest BCUT2D eigenvalue weighted by atomic mass is 9.79.